The predicted molar refractivity (Wildman–Crippen MR) is 70.4 cm³/mol. The summed E-state index contributed by atoms with van der Waals surface area (Å²) in [7, 11) is 1.47. The third-order valence-corrected chi connectivity index (χ3v) is 3.67. The van der Waals surface area contributed by atoms with Crippen molar-refractivity contribution in [2.24, 2.45) is 5.41 Å². The first kappa shape index (κ1) is 14.3. The van der Waals surface area contributed by atoms with Crippen LogP contribution in [0, 0.1) is 11.2 Å². The maximum Gasteiger partial charge on any atom is 0.165 e. The minimum atomic E-state index is -0.307. The van der Waals surface area contributed by atoms with Gasteiger partial charge in [0.15, 0.2) is 11.6 Å². The molecule has 1 unspecified atom stereocenters. The van der Waals surface area contributed by atoms with Gasteiger partial charge >= 0.3 is 0 Å². The number of alkyl halides is 1. The number of hydrogen-bond donors (Lipinski definition) is 0. The highest BCUT2D eigenvalue weighted by molar-refractivity contribution is 6.18. The Morgan fingerprint density at radius 3 is 2.59 bits per heavy atom. The molecule has 1 atom stereocenters. The summed E-state index contributed by atoms with van der Waals surface area (Å²) in [6.07, 6.45) is 2.93. The summed E-state index contributed by atoms with van der Waals surface area (Å²) in [5, 5.41) is 0. The minimum Gasteiger partial charge on any atom is -0.494 e. The van der Waals surface area contributed by atoms with Crippen molar-refractivity contribution < 1.29 is 9.13 Å². The molecule has 0 radical (unpaired) electrons. The number of halogens is 2. The summed E-state index contributed by atoms with van der Waals surface area (Å²) in [6, 6.07) is 5.12. The fraction of sp³-hybridized carbons (Fsp3) is 0.571. The fourth-order valence-electron chi connectivity index (χ4n) is 2.12. The Labute approximate surface area is 108 Å². The summed E-state index contributed by atoms with van der Waals surface area (Å²) >= 11 is 6.02. The molecule has 0 amide bonds. The first-order chi connectivity index (χ1) is 8.04. The SMILES string of the molecule is CCCC(C)(CCl)Cc1ccc(OC)c(F)c1. The zero-order valence-electron chi connectivity index (χ0n) is 10.7. The fourth-order valence-corrected chi connectivity index (χ4v) is 2.35. The highest BCUT2D eigenvalue weighted by atomic mass is 35.5. The van der Waals surface area contributed by atoms with Gasteiger partial charge in [-0.25, -0.2) is 4.39 Å². The van der Waals surface area contributed by atoms with Gasteiger partial charge in [0, 0.05) is 5.88 Å². The van der Waals surface area contributed by atoms with E-state index in [0.717, 1.165) is 24.8 Å². The van der Waals surface area contributed by atoms with Crippen molar-refractivity contribution in [1.82, 2.24) is 0 Å². The maximum absolute atomic E-state index is 13.6. The van der Waals surface area contributed by atoms with Crippen molar-refractivity contribution in [2.45, 2.75) is 33.1 Å². The molecular weight excluding hydrogens is 239 g/mol. The standard InChI is InChI=1S/C14H20ClFO/c1-4-7-14(2,10-15)9-11-5-6-13(17-3)12(16)8-11/h5-6,8H,4,7,9-10H2,1-3H3. The van der Waals surface area contributed by atoms with Crippen LogP contribution in [0.3, 0.4) is 0 Å². The number of benzene rings is 1. The summed E-state index contributed by atoms with van der Waals surface area (Å²) in [5.41, 5.74) is 1.01. The summed E-state index contributed by atoms with van der Waals surface area (Å²) in [5.74, 6) is 0.573. The Morgan fingerprint density at radius 2 is 2.12 bits per heavy atom. The molecule has 1 rings (SSSR count). The molecule has 1 aromatic carbocycles. The zero-order chi connectivity index (χ0) is 12.9. The smallest absolute Gasteiger partial charge is 0.165 e. The molecule has 0 aliphatic carbocycles. The van der Waals surface area contributed by atoms with Crippen LogP contribution in [-0.4, -0.2) is 13.0 Å². The minimum absolute atomic E-state index is 0.0390. The van der Waals surface area contributed by atoms with Gasteiger partial charge in [-0.1, -0.05) is 26.3 Å². The molecule has 1 nitrogen and oxygen atoms in total. The lowest BCUT2D eigenvalue weighted by atomic mass is 9.81. The second-order valence-corrected chi connectivity index (χ2v) is 5.11. The molecule has 0 aromatic heterocycles. The van der Waals surface area contributed by atoms with Gasteiger partial charge in [-0.15, -0.1) is 11.6 Å². The van der Waals surface area contributed by atoms with Crippen molar-refractivity contribution in [3.8, 4) is 5.75 Å². The average molecular weight is 259 g/mol. The molecule has 0 bridgehead atoms. The molecule has 0 aliphatic rings. The highest BCUT2D eigenvalue weighted by Crippen LogP contribution is 2.31. The van der Waals surface area contributed by atoms with Crippen molar-refractivity contribution in [3.05, 3.63) is 29.6 Å². The molecule has 1 aromatic rings. The summed E-state index contributed by atoms with van der Waals surface area (Å²) < 4.78 is 18.5. The van der Waals surface area contributed by atoms with E-state index in [4.69, 9.17) is 16.3 Å². The Hall–Kier alpha value is -0.760. The van der Waals surface area contributed by atoms with Gasteiger partial charge in [-0.05, 0) is 36.0 Å². The van der Waals surface area contributed by atoms with Crippen LogP contribution in [0.2, 0.25) is 0 Å². The van der Waals surface area contributed by atoms with E-state index in [1.54, 1.807) is 12.1 Å². The quantitative estimate of drug-likeness (QED) is 0.687. The van der Waals surface area contributed by atoms with Crippen LogP contribution in [0.15, 0.2) is 18.2 Å². The van der Waals surface area contributed by atoms with E-state index in [1.165, 1.54) is 7.11 Å². The Bertz CT molecular complexity index is 367. The molecule has 0 aliphatic heterocycles. The van der Waals surface area contributed by atoms with E-state index >= 15 is 0 Å². The van der Waals surface area contributed by atoms with Crippen LogP contribution in [0.1, 0.15) is 32.3 Å². The third-order valence-electron chi connectivity index (χ3n) is 3.02. The zero-order valence-corrected chi connectivity index (χ0v) is 11.5. The van der Waals surface area contributed by atoms with Gasteiger partial charge in [-0.3, -0.25) is 0 Å². The molecular formula is C14H20ClFO. The van der Waals surface area contributed by atoms with E-state index in [-0.39, 0.29) is 17.0 Å². The van der Waals surface area contributed by atoms with E-state index in [1.807, 2.05) is 6.07 Å². The number of ether oxygens (including phenoxy) is 1. The normalized spacial score (nSPS) is 14.4. The Balaban J connectivity index is 2.83. The first-order valence-corrected chi connectivity index (χ1v) is 6.46. The van der Waals surface area contributed by atoms with Crippen molar-refractivity contribution in [3.63, 3.8) is 0 Å². The second-order valence-electron chi connectivity index (χ2n) is 4.84. The van der Waals surface area contributed by atoms with Crippen molar-refractivity contribution in [1.29, 1.82) is 0 Å². The average Bonchev–Trinajstić information content (AvgIpc) is 2.29. The van der Waals surface area contributed by atoms with Crippen LogP contribution in [0.25, 0.3) is 0 Å². The lowest BCUT2D eigenvalue weighted by Crippen LogP contribution is -2.21. The van der Waals surface area contributed by atoms with Gasteiger partial charge in [0.2, 0.25) is 0 Å². The van der Waals surface area contributed by atoms with Gasteiger partial charge in [-0.2, -0.15) is 0 Å². The second kappa shape index (κ2) is 6.25. The van der Waals surface area contributed by atoms with Crippen LogP contribution < -0.4 is 4.74 Å². The molecule has 0 saturated heterocycles. The Kier molecular flexibility index (Phi) is 5.26. The van der Waals surface area contributed by atoms with Gasteiger partial charge < -0.3 is 4.74 Å². The summed E-state index contributed by atoms with van der Waals surface area (Å²) in [4.78, 5) is 0. The molecule has 96 valence electrons. The van der Waals surface area contributed by atoms with Crippen LogP contribution >= 0.6 is 11.6 Å². The van der Waals surface area contributed by atoms with Gasteiger partial charge in [0.25, 0.3) is 0 Å². The van der Waals surface area contributed by atoms with Crippen molar-refractivity contribution in [2.75, 3.05) is 13.0 Å². The molecule has 0 saturated carbocycles. The van der Waals surface area contributed by atoms with E-state index < -0.39 is 0 Å². The van der Waals surface area contributed by atoms with Crippen LogP contribution in [-0.2, 0) is 6.42 Å². The van der Waals surface area contributed by atoms with E-state index in [2.05, 4.69) is 13.8 Å². The number of hydrogen-bond acceptors (Lipinski definition) is 1. The molecule has 17 heavy (non-hydrogen) atoms. The predicted octanol–water partition coefficient (Wildman–Crippen LogP) is 4.42. The summed E-state index contributed by atoms with van der Waals surface area (Å²) in [6.45, 7) is 4.28. The third kappa shape index (κ3) is 3.88. The number of rotatable bonds is 6. The number of methoxy groups -OCH3 is 1. The Morgan fingerprint density at radius 1 is 1.41 bits per heavy atom. The highest BCUT2D eigenvalue weighted by Gasteiger charge is 2.23. The maximum atomic E-state index is 13.6. The van der Waals surface area contributed by atoms with Crippen molar-refractivity contribution >= 4 is 11.6 Å². The van der Waals surface area contributed by atoms with Crippen LogP contribution in [0.5, 0.6) is 5.75 Å². The lowest BCUT2D eigenvalue weighted by molar-refractivity contribution is 0.333. The largest absolute Gasteiger partial charge is 0.494 e. The monoisotopic (exact) mass is 258 g/mol. The molecule has 0 N–H and O–H groups in total. The topological polar surface area (TPSA) is 9.23 Å². The molecule has 0 fully saturated rings. The van der Waals surface area contributed by atoms with E-state index in [0.29, 0.717) is 5.88 Å². The van der Waals surface area contributed by atoms with Gasteiger partial charge in [0.1, 0.15) is 0 Å². The first-order valence-electron chi connectivity index (χ1n) is 5.93. The lowest BCUT2D eigenvalue weighted by Gasteiger charge is -2.26. The molecule has 0 heterocycles. The van der Waals surface area contributed by atoms with Crippen LogP contribution in [0.4, 0.5) is 4.39 Å². The molecule has 0 spiro atoms. The molecule has 3 heteroatoms. The van der Waals surface area contributed by atoms with E-state index in [9.17, 15) is 4.39 Å². The van der Waals surface area contributed by atoms with Gasteiger partial charge in [0.05, 0.1) is 7.11 Å².